The smallest absolute Gasteiger partial charge is 0.248 e. The van der Waals surface area contributed by atoms with Crippen LogP contribution in [0.3, 0.4) is 0 Å². The van der Waals surface area contributed by atoms with Crippen LogP contribution in [-0.4, -0.2) is 24.0 Å². The molecule has 1 saturated heterocycles. The first-order valence-electron chi connectivity index (χ1n) is 6.53. The van der Waals surface area contributed by atoms with Gasteiger partial charge in [0.25, 0.3) is 0 Å². The highest BCUT2D eigenvalue weighted by Gasteiger charge is 2.13. The largest absolute Gasteiger partial charge is 0.366 e. The Hall–Kier alpha value is -0.710. The fourth-order valence-corrected chi connectivity index (χ4v) is 3.66. The summed E-state index contributed by atoms with van der Waals surface area (Å²) in [4.78, 5) is 11.0. The van der Waals surface area contributed by atoms with Crippen molar-refractivity contribution < 1.29 is 4.79 Å². The van der Waals surface area contributed by atoms with Gasteiger partial charge in [0.2, 0.25) is 5.91 Å². The van der Waals surface area contributed by atoms with Gasteiger partial charge in [0, 0.05) is 17.1 Å². The molecule has 3 nitrogen and oxygen atoms in total. The first-order chi connectivity index (χ1) is 9.16. The number of rotatable bonds is 5. The fourth-order valence-electron chi connectivity index (χ4n) is 2.21. The monoisotopic (exact) mass is 298 g/mol. The van der Waals surface area contributed by atoms with Gasteiger partial charge in [-0.2, -0.15) is 11.8 Å². The number of thioether (sulfide) groups is 1. The Kier molecular flexibility index (Phi) is 5.55. The molecule has 19 heavy (non-hydrogen) atoms. The van der Waals surface area contributed by atoms with E-state index < -0.39 is 5.91 Å². The van der Waals surface area contributed by atoms with E-state index in [1.54, 1.807) is 12.1 Å². The second-order valence-corrected chi connectivity index (χ2v) is 6.49. The van der Waals surface area contributed by atoms with Crippen molar-refractivity contribution in [2.75, 3.05) is 18.1 Å². The van der Waals surface area contributed by atoms with Gasteiger partial charge in [0.1, 0.15) is 0 Å². The lowest BCUT2D eigenvalue weighted by Crippen LogP contribution is -2.25. The Bertz CT molecular complexity index is 447. The molecular formula is C14H19ClN2OS. The molecule has 0 radical (unpaired) electrons. The number of carbonyl (C=O) groups excluding carboxylic acids is 1. The summed E-state index contributed by atoms with van der Waals surface area (Å²) in [6.45, 7) is 1.77. The number of hydrogen-bond acceptors (Lipinski definition) is 3. The van der Waals surface area contributed by atoms with Crippen LogP contribution < -0.4 is 11.1 Å². The number of carbonyl (C=O) groups is 1. The van der Waals surface area contributed by atoms with E-state index >= 15 is 0 Å². The molecule has 2 rings (SSSR count). The van der Waals surface area contributed by atoms with Gasteiger partial charge < -0.3 is 11.1 Å². The topological polar surface area (TPSA) is 55.1 Å². The lowest BCUT2D eigenvalue weighted by Gasteiger charge is -2.21. The quantitative estimate of drug-likeness (QED) is 0.879. The van der Waals surface area contributed by atoms with Crippen molar-refractivity contribution >= 4 is 29.3 Å². The SMILES string of the molecule is NC(=O)c1ccc(CNCC2CCSCC2)c(Cl)c1. The Morgan fingerprint density at radius 1 is 1.42 bits per heavy atom. The third-order valence-electron chi connectivity index (χ3n) is 3.43. The summed E-state index contributed by atoms with van der Waals surface area (Å²) in [5, 5.41) is 4.05. The van der Waals surface area contributed by atoms with E-state index in [2.05, 4.69) is 5.32 Å². The van der Waals surface area contributed by atoms with E-state index in [1.807, 2.05) is 17.8 Å². The molecule has 0 unspecified atom stereocenters. The van der Waals surface area contributed by atoms with Gasteiger partial charge in [0.05, 0.1) is 0 Å². The molecule has 0 aromatic heterocycles. The van der Waals surface area contributed by atoms with E-state index in [0.29, 0.717) is 10.6 Å². The maximum absolute atomic E-state index is 11.0. The molecule has 0 bridgehead atoms. The molecule has 1 aliphatic heterocycles. The van der Waals surface area contributed by atoms with Gasteiger partial charge in [-0.3, -0.25) is 4.79 Å². The van der Waals surface area contributed by atoms with Gasteiger partial charge in [-0.15, -0.1) is 0 Å². The summed E-state index contributed by atoms with van der Waals surface area (Å²) in [5.41, 5.74) is 6.68. The number of benzene rings is 1. The van der Waals surface area contributed by atoms with Crippen molar-refractivity contribution in [1.29, 1.82) is 0 Å². The number of primary amides is 1. The summed E-state index contributed by atoms with van der Waals surface area (Å²) in [5.74, 6) is 2.90. The molecule has 5 heteroatoms. The van der Waals surface area contributed by atoms with Gasteiger partial charge >= 0.3 is 0 Å². The second kappa shape index (κ2) is 7.17. The normalized spacial score (nSPS) is 16.5. The van der Waals surface area contributed by atoms with Crippen LogP contribution in [0.1, 0.15) is 28.8 Å². The Labute approximate surface area is 123 Å². The Morgan fingerprint density at radius 3 is 2.79 bits per heavy atom. The third kappa shape index (κ3) is 4.41. The molecule has 1 aromatic rings. The second-order valence-electron chi connectivity index (χ2n) is 4.86. The minimum Gasteiger partial charge on any atom is -0.366 e. The maximum atomic E-state index is 11.0. The van der Waals surface area contributed by atoms with Crippen molar-refractivity contribution in [1.82, 2.24) is 5.32 Å². The highest BCUT2D eigenvalue weighted by atomic mass is 35.5. The molecule has 3 N–H and O–H groups in total. The number of nitrogens with one attached hydrogen (secondary N) is 1. The van der Waals surface area contributed by atoms with Gasteiger partial charge in [-0.1, -0.05) is 17.7 Å². The van der Waals surface area contributed by atoms with E-state index in [0.717, 1.165) is 24.6 Å². The first-order valence-corrected chi connectivity index (χ1v) is 8.07. The highest BCUT2D eigenvalue weighted by molar-refractivity contribution is 7.99. The van der Waals surface area contributed by atoms with Crippen molar-refractivity contribution in [2.45, 2.75) is 19.4 Å². The summed E-state index contributed by atoms with van der Waals surface area (Å²) in [7, 11) is 0. The molecule has 0 spiro atoms. The zero-order valence-corrected chi connectivity index (χ0v) is 12.4. The van der Waals surface area contributed by atoms with E-state index in [1.165, 1.54) is 24.3 Å². The molecule has 1 amide bonds. The number of hydrogen-bond donors (Lipinski definition) is 2. The standard InChI is InChI=1S/C14H19ClN2OS/c15-13-7-11(14(16)18)1-2-12(13)9-17-8-10-3-5-19-6-4-10/h1-2,7,10,17H,3-6,8-9H2,(H2,16,18). The predicted octanol–water partition coefficient (Wildman–Crippen LogP) is 2.67. The summed E-state index contributed by atoms with van der Waals surface area (Å²) >= 11 is 8.19. The average Bonchev–Trinajstić information content (AvgIpc) is 2.41. The zero-order valence-electron chi connectivity index (χ0n) is 10.8. The summed E-state index contributed by atoms with van der Waals surface area (Å²) < 4.78 is 0. The molecule has 104 valence electrons. The Balaban J connectivity index is 1.83. The molecular weight excluding hydrogens is 280 g/mol. The maximum Gasteiger partial charge on any atom is 0.248 e. The van der Waals surface area contributed by atoms with E-state index in [9.17, 15) is 4.79 Å². The summed E-state index contributed by atoms with van der Waals surface area (Å²) in [6, 6.07) is 5.23. The van der Waals surface area contributed by atoms with Crippen LogP contribution in [0, 0.1) is 5.92 Å². The van der Waals surface area contributed by atoms with Crippen molar-refractivity contribution in [2.24, 2.45) is 11.7 Å². The van der Waals surface area contributed by atoms with Crippen LogP contribution in [0.5, 0.6) is 0 Å². The van der Waals surface area contributed by atoms with Crippen molar-refractivity contribution in [3.63, 3.8) is 0 Å². The third-order valence-corrected chi connectivity index (χ3v) is 4.83. The van der Waals surface area contributed by atoms with Crippen LogP contribution in [0.4, 0.5) is 0 Å². The fraction of sp³-hybridized carbons (Fsp3) is 0.500. The average molecular weight is 299 g/mol. The highest BCUT2D eigenvalue weighted by Crippen LogP contribution is 2.22. The first kappa shape index (κ1) is 14.7. The van der Waals surface area contributed by atoms with Crippen molar-refractivity contribution in [3.8, 4) is 0 Å². The summed E-state index contributed by atoms with van der Waals surface area (Å²) in [6.07, 6.45) is 2.60. The van der Waals surface area contributed by atoms with E-state index in [4.69, 9.17) is 17.3 Å². The number of halogens is 1. The molecule has 1 aliphatic rings. The molecule has 1 aromatic carbocycles. The minimum absolute atomic E-state index is 0.443. The zero-order chi connectivity index (χ0) is 13.7. The Morgan fingerprint density at radius 2 is 2.16 bits per heavy atom. The number of amides is 1. The van der Waals surface area contributed by atoms with Crippen LogP contribution in [0.25, 0.3) is 0 Å². The predicted molar refractivity (Wildman–Crippen MR) is 81.7 cm³/mol. The lowest BCUT2D eigenvalue weighted by molar-refractivity contribution is 0.100. The van der Waals surface area contributed by atoms with Crippen molar-refractivity contribution in [3.05, 3.63) is 34.3 Å². The molecule has 0 atom stereocenters. The minimum atomic E-state index is -0.443. The number of nitrogens with two attached hydrogens (primary N) is 1. The van der Waals surface area contributed by atoms with Gasteiger partial charge in [-0.25, -0.2) is 0 Å². The lowest BCUT2D eigenvalue weighted by atomic mass is 10.0. The molecule has 1 heterocycles. The van der Waals surface area contributed by atoms with Gasteiger partial charge in [0.15, 0.2) is 0 Å². The van der Waals surface area contributed by atoms with Crippen LogP contribution in [0.15, 0.2) is 18.2 Å². The van der Waals surface area contributed by atoms with Crippen LogP contribution in [0.2, 0.25) is 5.02 Å². The molecule has 0 aliphatic carbocycles. The van der Waals surface area contributed by atoms with E-state index in [-0.39, 0.29) is 0 Å². The van der Waals surface area contributed by atoms with Crippen LogP contribution >= 0.6 is 23.4 Å². The molecule has 1 fully saturated rings. The van der Waals surface area contributed by atoms with Gasteiger partial charge in [-0.05, 0) is 54.5 Å². The molecule has 0 saturated carbocycles. The van der Waals surface area contributed by atoms with Crippen LogP contribution in [-0.2, 0) is 6.54 Å².